The highest BCUT2D eigenvalue weighted by atomic mass is 15.3. The normalized spacial score (nSPS) is 15.2. The molecule has 0 aliphatic carbocycles. The molecule has 0 fully saturated rings. The minimum atomic E-state index is 0.0543. The fourth-order valence-electron chi connectivity index (χ4n) is 2.33. The van der Waals surface area contributed by atoms with Gasteiger partial charge in [-0.05, 0) is 39.3 Å². The van der Waals surface area contributed by atoms with Gasteiger partial charge in [-0.1, -0.05) is 20.8 Å². The van der Waals surface area contributed by atoms with Gasteiger partial charge in [0.1, 0.15) is 0 Å². The van der Waals surface area contributed by atoms with E-state index in [1.165, 1.54) is 0 Å². The minimum absolute atomic E-state index is 0.0543. The number of nitrogens with two attached hydrogens (primary N) is 1. The largest absolute Gasteiger partial charge is 0.329 e. The second-order valence-electron chi connectivity index (χ2n) is 5.67. The van der Waals surface area contributed by atoms with E-state index in [1.807, 2.05) is 0 Å². The second-order valence-corrected chi connectivity index (χ2v) is 5.67. The summed E-state index contributed by atoms with van der Waals surface area (Å²) in [6.45, 7) is 10.4. The van der Waals surface area contributed by atoms with Gasteiger partial charge in [0.2, 0.25) is 0 Å². The third kappa shape index (κ3) is 3.80. The molecule has 0 radical (unpaired) electrons. The number of hydrogen-bond acceptors (Lipinski definition) is 3. The van der Waals surface area contributed by atoms with Crippen LogP contribution in [0.15, 0.2) is 12.3 Å². The smallest absolute Gasteiger partial charge is 0.0764 e. The highest BCUT2D eigenvalue weighted by molar-refractivity contribution is 5.01. The third-order valence-corrected chi connectivity index (χ3v) is 4.50. The molecule has 19 heavy (non-hydrogen) atoms. The summed E-state index contributed by atoms with van der Waals surface area (Å²) in [6, 6.07) is 2.65. The Morgan fingerprint density at radius 1 is 1.37 bits per heavy atom. The van der Waals surface area contributed by atoms with Crippen LogP contribution in [0.25, 0.3) is 0 Å². The summed E-state index contributed by atoms with van der Waals surface area (Å²) in [5, 5.41) is 4.71. The Labute approximate surface area is 118 Å². The number of rotatable bonds is 8. The maximum absolute atomic E-state index is 5.90. The van der Waals surface area contributed by atoms with Crippen LogP contribution in [0.2, 0.25) is 0 Å². The van der Waals surface area contributed by atoms with E-state index in [1.54, 1.807) is 0 Å². The van der Waals surface area contributed by atoms with E-state index in [-0.39, 0.29) is 5.54 Å². The SMILES string of the molecule is CCC(CC)n1ccc(CN(C)C(C)(CC)CN)n1. The molecule has 0 aromatic carbocycles. The lowest BCUT2D eigenvalue weighted by atomic mass is 9.97. The molecule has 0 amide bonds. The number of nitrogens with zero attached hydrogens (tertiary/aromatic N) is 3. The molecule has 110 valence electrons. The zero-order chi connectivity index (χ0) is 14.5. The van der Waals surface area contributed by atoms with Crippen molar-refractivity contribution in [3.8, 4) is 0 Å². The van der Waals surface area contributed by atoms with Crippen molar-refractivity contribution in [2.24, 2.45) is 5.73 Å². The first-order valence-corrected chi connectivity index (χ1v) is 7.46. The first-order chi connectivity index (χ1) is 9.00. The van der Waals surface area contributed by atoms with Gasteiger partial charge in [0.15, 0.2) is 0 Å². The van der Waals surface area contributed by atoms with Gasteiger partial charge >= 0.3 is 0 Å². The van der Waals surface area contributed by atoms with Crippen molar-refractivity contribution < 1.29 is 0 Å². The number of likely N-dealkylation sites (N-methyl/N-ethyl adjacent to an activating group) is 1. The Morgan fingerprint density at radius 2 is 2.00 bits per heavy atom. The zero-order valence-electron chi connectivity index (χ0n) is 13.2. The van der Waals surface area contributed by atoms with E-state index >= 15 is 0 Å². The predicted molar refractivity (Wildman–Crippen MR) is 81.1 cm³/mol. The lowest BCUT2D eigenvalue weighted by molar-refractivity contribution is 0.129. The lowest BCUT2D eigenvalue weighted by Gasteiger charge is -2.36. The summed E-state index contributed by atoms with van der Waals surface area (Å²) in [5.41, 5.74) is 7.08. The molecule has 1 aromatic rings. The first kappa shape index (κ1) is 16.2. The van der Waals surface area contributed by atoms with Gasteiger partial charge in [0.05, 0.1) is 11.7 Å². The molecule has 0 bridgehead atoms. The molecule has 1 atom stereocenters. The maximum Gasteiger partial charge on any atom is 0.0764 e. The van der Waals surface area contributed by atoms with Crippen LogP contribution in [-0.4, -0.2) is 33.8 Å². The molecule has 1 aromatic heterocycles. The van der Waals surface area contributed by atoms with Crippen molar-refractivity contribution in [2.45, 2.75) is 65.1 Å². The highest BCUT2D eigenvalue weighted by Gasteiger charge is 2.26. The van der Waals surface area contributed by atoms with Crippen LogP contribution < -0.4 is 5.73 Å². The Balaban J connectivity index is 2.73. The van der Waals surface area contributed by atoms with Crippen molar-refractivity contribution >= 4 is 0 Å². The molecule has 1 heterocycles. The van der Waals surface area contributed by atoms with Gasteiger partial charge in [0.25, 0.3) is 0 Å². The number of hydrogen-bond donors (Lipinski definition) is 1. The average molecular weight is 266 g/mol. The van der Waals surface area contributed by atoms with Crippen LogP contribution in [0.1, 0.15) is 58.7 Å². The molecule has 1 rings (SSSR count). The van der Waals surface area contributed by atoms with E-state index < -0.39 is 0 Å². The van der Waals surface area contributed by atoms with Crippen molar-refractivity contribution in [1.82, 2.24) is 14.7 Å². The molecule has 0 saturated carbocycles. The standard InChI is InChI=1S/C15H30N4/c1-6-14(7-2)19-10-9-13(17-19)11-18(5)15(4,8-3)12-16/h9-10,14H,6-8,11-12,16H2,1-5H3. The first-order valence-electron chi connectivity index (χ1n) is 7.46. The topological polar surface area (TPSA) is 47.1 Å². The molecule has 1 unspecified atom stereocenters. The van der Waals surface area contributed by atoms with Gasteiger partial charge in [0, 0.05) is 24.8 Å². The van der Waals surface area contributed by atoms with E-state index in [9.17, 15) is 0 Å². The summed E-state index contributed by atoms with van der Waals surface area (Å²) >= 11 is 0. The lowest BCUT2D eigenvalue weighted by Crippen LogP contribution is -2.48. The van der Waals surface area contributed by atoms with E-state index in [0.717, 1.165) is 31.5 Å². The molecule has 0 aliphatic heterocycles. The Bertz CT molecular complexity index is 364. The van der Waals surface area contributed by atoms with Crippen LogP contribution in [0.3, 0.4) is 0 Å². The summed E-state index contributed by atoms with van der Waals surface area (Å²) in [6.07, 6.45) is 5.41. The van der Waals surface area contributed by atoms with Crippen LogP contribution in [-0.2, 0) is 6.54 Å². The third-order valence-electron chi connectivity index (χ3n) is 4.50. The molecule has 4 heteroatoms. The van der Waals surface area contributed by atoms with Crippen molar-refractivity contribution in [3.05, 3.63) is 18.0 Å². The predicted octanol–water partition coefficient (Wildman–Crippen LogP) is 2.80. The van der Waals surface area contributed by atoms with Gasteiger partial charge in [-0.3, -0.25) is 9.58 Å². The Hall–Kier alpha value is -0.870. The highest BCUT2D eigenvalue weighted by Crippen LogP contribution is 2.19. The zero-order valence-corrected chi connectivity index (χ0v) is 13.2. The Kier molecular flexibility index (Phi) is 6.01. The Morgan fingerprint density at radius 3 is 2.47 bits per heavy atom. The molecule has 4 nitrogen and oxygen atoms in total. The summed E-state index contributed by atoms with van der Waals surface area (Å²) in [4.78, 5) is 2.31. The summed E-state index contributed by atoms with van der Waals surface area (Å²) in [5.74, 6) is 0. The molecule has 0 spiro atoms. The van der Waals surface area contributed by atoms with E-state index in [0.29, 0.717) is 12.6 Å². The van der Waals surface area contributed by atoms with Crippen molar-refractivity contribution in [1.29, 1.82) is 0 Å². The van der Waals surface area contributed by atoms with Gasteiger partial charge in [-0.25, -0.2) is 0 Å². The van der Waals surface area contributed by atoms with Crippen molar-refractivity contribution in [3.63, 3.8) is 0 Å². The summed E-state index contributed by atoms with van der Waals surface area (Å²) < 4.78 is 2.11. The van der Waals surface area contributed by atoms with Gasteiger partial charge in [-0.2, -0.15) is 5.10 Å². The molecule has 2 N–H and O–H groups in total. The summed E-state index contributed by atoms with van der Waals surface area (Å²) in [7, 11) is 2.13. The fraction of sp³-hybridized carbons (Fsp3) is 0.800. The van der Waals surface area contributed by atoms with Crippen molar-refractivity contribution in [2.75, 3.05) is 13.6 Å². The monoisotopic (exact) mass is 266 g/mol. The van der Waals surface area contributed by atoms with Crippen LogP contribution in [0, 0.1) is 0 Å². The fourth-order valence-corrected chi connectivity index (χ4v) is 2.33. The van der Waals surface area contributed by atoms with Crippen LogP contribution in [0.5, 0.6) is 0 Å². The second kappa shape index (κ2) is 7.06. The minimum Gasteiger partial charge on any atom is -0.329 e. The molecule has 0 aliphatic rings. The van der Waals surface area contributed by atoms with Crippen LogP contribution in [0.4, 0.5) is 0 Å². The van der Waals surface area contributed by atoms with Gasteiger partial charge < -0.3 is 5.73 Å². The molecular formula is C15H30N4. The molecule has 0 saturated heterocycles. The number of aromatic nitrogens is 2. The maximum atomic E-state index is 5.90. The quantitative estimate of drug-likeness (QED) is 0.787. The average Bonchev–Trinajstić information content (AvgIpc) is 2.87. The van der Waals surface area contributed by atoms with E-state index in [4.69, 9.17) is 10.8 Å². The van der Waals surface area contributed by atoms with E-state index in [2.05, 4.69) is 56.6 Å². The van der Waals surface area contributed by atoms with Gasteiger partial charge in [-0.15, -0.1) is 0 Å². The molecular weight excluding hydrogens is 236 g/mol. The van der Waals surface area contributed by atoms with Crippen LogP contribution >= 0.6 is 0 Å².